The first kappa shape index (κ1) is 15.5. The first-order valence-corrected chi connectivity index (χ1v) is 7.87. The van der Waals surface area contributed by atoms with E-state index in [-0.39, 0.29) is 0 Å². The van der Waals surface area contributed by atoms with Gasteiger partial charge in [0.25, 0.3) is 11.7 Å². The molecule has 0 spiro atoms. The summed E-state index contributed by atoms with van der Waals surface area (Å²) < 4.78 is 1.63. The van der Waals surface area contributed by atoms with Crippen LogP contribution in [0.25, 0.3) is 0 Å². The molecule has 1 aromatic carbocycles. The highest BCUT2D eigenvalue weighted by atomic mass is 16.2. The predicted octanol–water partition coefficient (Wildman–Crippen LogP) is 2.42. The third-order valence-electron chi connectivity index (χ3n) is 4.83. The summed E-state index contributed by atoms with van der Waals surface area (Å²) in [5.74, 6) is -1.05. The number of hydrogen-bond acceptors (Lipinski definition) is 3. The maximum atomic E-state index is 12.6. The lowest BCUT2D eigenvalue weighted by molar-refractivity contribution is -0.120. The number of aromatic nitrogens is 2. The highest BCUT2D eigenvalue weighted by Gasteiger charge is 2.41. The number of aryl methyl sites for hydroxylation is 2. The smallest absolute Gasteiger partial charge is 0.293 e. The van der Waals surface area contributed by atoms with Gasteiger partial charge in [-0.3, -0.25) is 14.3 Å². The van der Waals surface area contributed by atoms with Gasteiger partial charge in [-0.15, -0.1) is 0 Å². The van der Waals surface area contributed by atoms with Gasteiger partial charge in [-0.05, 0) is 38.7 Å². The van der Waals surface area contributed by atoms with Gasteiger partial charge in [-0.2, -0.15) is 5.10 Å². The average Bonchev–Trinajstić information content (AvgIpc) is 2.76. The SMILES string of the molecule is Cc1nn(C)c(C)c1C(=O)C(=O)NC1(c2ccccc2)CCC1. The maximum absolute atomic E-state index is 12.6. The maximum Gasteiger partial charge on any atom is 0.293 e. The Hall–Kier alpha value is -2.43. The number of Topliss-reactive ketones (excluding diaryl/α,β-unsaturated/α-hetero) is 1. The van der Waals surface area contributed by atoms with E-state index in [2.05, 4.69) is 10.4 Å². The molecule has 1 amide bonds. The van der Waals surface area contributed by atoms with E-state index in [0.717, 1.165) is 24.8 Å². The second kappa shape index (κ2) is 5.65. The number of carbonyl (C=O) groups is 2. The van der Waals surface area contributed by atoms with Crippen molar-refractivity contribution < 1.29 is 9.59 Å². The number of carbonyl (C=O) groups excluding carboxylic acids is 2. The van der Waals surface area contributed by atoms with Crippen LogP contribution in [0.1, 0.15) is 46.6 Å². The van der Waals surface area contributed by atoms with Crippen molar-refractivity contribution in [1.29, 1.82) is 0 Å². The first-order chi connectivity index (χ1) is 10.9. The van der Waals surface area contributed by atoms with E-state index in [1.54, 1.807) is 25.6 Å². The van der Waals surface area contributed by atoms with Gasteiger partial charge in [0, 0.05) is 12.7 Å². The van der Waals surface area contributed by atoms with Gasteiger partial charge >= 0.3 is 0 Å². The molecule has 1 aliphatic carbocycles. The zero-order valence-corrected chi connectivity index (χ0v) is 13.7. The molecule has 1 saturated carbocycles. The monoisotopic (exact) mass is 311 g/mol. The Kier molecular flexibility index (Phi) is 3.80. The molecule has 0 radical (unpaired) electrons. The Balaban J connectivity index is 1.85. The van der Waals surface area contributed by atoms with Crippen LogP contribution in [0.4, 0.5) is 0 Å². The molecule has 120 valence electrons. The molecule has 5 heteroatoms. The van der Waals surface area contributed by atoms with Crippen molar-refractivity contribution in [3.05, 3.63) is 52.8 Å². The molecule has 1 heterocycles. The molecule has 23 heavy (non-hydrogen) atoms. The van der Waals surface area contributed by atoms with Crippen LogP contribution >= 0.6 is 0 Å². The lowest BCUT2D eigenvalue weighted by Crippen LogP contribution is -2.52. The van der Waals surface area contributed by atoms with E-state index in [1.807, 2.05) is 30.3 Å². The summed E-state index contributed by atoms with van der Waals surface area (Å²) in [5, 5.41) is 7.20. The van der Waals surface area contributed by atoms with E-state index >= 15 is 0 Å². The summed E-state index contributed by atoms with van der Waals surface area (Å²) in [6.07, 6.45) is 2.77. The molecule has 5 nitrogen and oxygen atoms in total. The van der Waals surface area contributed by atoms with Gasteiger partial charge < -0.3 is 5.32 Å². The quantitative estimate of drug-likeness (QED) is 0.696. The van der Waals surface area contributed by atoms with E-state index in [4.69, 9.17) is 0 Å². The fourth-order valence-corrected chi connectivity index (χ4v) is 3.26. The molecule has 2 aromatic rings. The van der Waals surface area contributed by atoms with Crippen molar-refractivity contribution in [3.63, 3.8) is 0 Å². The molecule has 0 saturated heterocycles. The van der Waals surface area contributed by atoms with E-state index in [0.29, 0.717) is 17.0 Å². The van der Waals surface area contributed by atoms with Crippen molar-refractivity contribution in [2.75, 3.05) is 0 Å². The summed E-state index contributed by atoms with van der Waals surface area (Å²) in [6, 6.07) is 9.87. The van der Waals surface area contributed by atoms with Gasteiger partial charge in [0.2, 0.25) is 0 Å². The molecule has 0 bridgehead atoms. The van der Waals surface area contributed by atoms with E-state index in [9.17, 15) is 9.59 Å². The Morgan fingerprint density at radius 3 is 2.30 bits per heavy atom. The Morgan fingerprint density at radius 2 is 1.83 bits per heavy atom. The molecule has 3 rings (SSSR count). The van der Waals surface area contributed by atoms with E-state index < -0.39 is 17.2 Å². The third kappa shape index (κ3) is 2.56. The van der Waals surface area contributed by atoms with Crippen molar-refractivity contribution in [3.8, 4) is 0 Å². The fourth-order valence-electron chi connectivity index (χ4n) is 3.26. The summed E-state index contributed by atoms with van der Waals surface area (Å²) in [7, 11) is 1.77. The van der Waals surface area contributed by atoms with Crippen LogP contribution in [0.15, 0.2) is 30.3 Å². The van der Waals surface area contributed by atoms with Gasteiger partial charge in [0.05, 0.1) is 16.8 Å². The van der Waals surface area contributed by atoms with Crippen LogP contribution in [0, 0.1) is 13.8 Å². The van der Waals surface area contributed by atoms with Crippen LogP contribution in [0.3, 0.4) is 0 Å². The summed E-state index contributed by atoms with van der Waals surface area (Å²) >= 11 is 0. The van der Waals surface area contributed by atoms with E-state index in [1.165, 1.54) is 0 Å². The number of nitrogens with zero attached hydrogens (tertiary/aromatic N) is 2. The molecular weight excluding hydrogens is 290 g/mol. The Labute approximate surface area is 135 Å². The average molecular weight is 311 g/mol. The highest BCUT2D eigenvalue weighted by Crippen LogP contribution is 2.41. The van der Waals surface area contributed by atoms with Crippen LogP contribution in [0.2, 0.25) is 0 Å². The number of amides is 1. The molecule has 0 atom stereocenters. The molecule has 1 aromatic heterocycles. The van der Waals surface area contributed by atoms with Gasteiger partial charge in [-0.1, -0.05) is 30.3 Å². The number of benzene rings is 1. The van der Waals surface area contributed by atoms with Crippen molar-refractivity contribution in [2.45, 2.75) is 38.6 Å². The van der Waals surface area contributed by atoms with Crippen LogP contribution in [0.5, 0.6) is 0 Å². The van der Waals surface area contributed by atoms with Crippen molar-refractivity contribution in [2.24, 2.45) is 7.05 Å². The summed E-state index contributed by atoms with van der Waals surface area (Å²) in [6.45, 7) is 3.56. The Bertz CT molecular complexity index is 758. The van der Waals surface area contributed by atoms with Crippen LogP contribution in [-0.2, 0) is 17.4 Å². The van der Waals surface area contributed by atoms with Gasteiger partial charge in [0.15, 0.2) is 0 Å². The molecule has 1 fully saturated rings. The second-order valence-corrected chi connectivity index (χ2v) is 6.25. The molecule has 0 unspecified atom stereocenters. The minimum absolute atomic E-state index is 0.405. The van der Waals surface area contributed by atoms with Crippen LogP contribution in [-0.4, -0.2) is 21.5 Å². The zero-order chi connectivity index (χ0) is 16.6. The number of hydrogen-bond donors (Lipinski definition) is 1. The normalized spacial score (nSPS) is 15.8. The van der Waals surface area contributed by atoms with Gasteiger partial charge in [0.1, 0.15) is 0 Å². The zero-order valence-electron chi connectivity index (χ0n) is 13.7. The summed E-state index contributed by atoms with van der Waals surface area (Å²) in [5.41, 5.74) is 2.37. The summed E-state index contributed by atoms with van der Waals surface area (Å²) in [4.78, 5) is 25.1. The lowest BCUT2D eigenvalue weighted by Gasteiger charge is -2.43. The standard InChI is InChI=1S/C18H21N3O2/c1-12-15(13(2)21(3)20-12)16(22)17(23)19-18(10-7-11-18)14-8-5-4-6-9-14/h4-6,8-9H,7,10-11H2,1-3H3,(H,19,23). The highest BCUT2D eigenvalue weighted by molar-refractivity contribution is 6.43. The first-order valence-electron chi connectivity index (χ1n) is 7.87. The second-order valence-electron chi connectivity index (χ2n) is 6.25. The van der Waals surface area contributed by atoms with Crippen molar-refractivity contribution in [1.82, 2.24) is 15.1 Å². The molecular formula is C18H21N3O2. The molecule has 1 N–H and O–H groups in total. The van der Waals surface area contributed by atoms with Crippen molar-refractivity contribution >= 4 is 11.7 Å². The Morgan fingerprint density at radius 1 is 1.17 bits per heavy atom. The third-order valence-corrected chi connectivity index (χ3v) is 4.83. The fraction of sp³-hybridized carbons (Fsp3) is 0.389. The minimum Gasteiger partial charge on any atom is -0.340 e. The van der Waals surface area contributed by atoms with Gasteiger partial charge in [-0.25, -0.2) is 0 Å². The molecule has 1 aliphatic rings. The van der Waals surface area contributed by atoms with Crippen LogP contribution < -0.4 is 5.32 Å². The minimum atomic E-state index is -0.548. The molecule has 0 aliphatic heterocycles. The predicted molar refractivity (Wildman–Crippen MR) is 87.1 cm³/mol. The number of ketones is 1. The number of rotatable bonds is 4. The topological polar surface area (TPSA) is 64.0 Å². The lowest BCUT2D eigenvalue weighted by atomic mass is 9.71. The largest absolute Gasteiger partial charge is 0.340 e. The number of nitrogens with one attached hydrogen (secondary N) is 1.